The number of hydrogen-bond acceptors (Lipinski definition) is 4. The van der Waals surface area contributed by atoms with Crippen LogP contribution in [0.25, 0.3) is 0 Å². The van der Waals surface area contributed by atoms with Gasteiger partial charge in [0.05, 0.1) is 17.3 Å². The highest BCUT2D eigenvalue weighted by molar-refractivity contribution is 14.1. The highest BCUT2D eigenvalue weighted by atomic mass is 127. The second-order valence-corrected chi connectivity index (χ2v) is 8.37. The van der Waals surface area contributed by atoms with Gasteiger partial charge in [-0.3, -0.25) is 4.98 Å². The van der Waals surface area contributed by atoms with Crippen molar-refractivity contribution in [3.63, 3.8) is 0 Å². The molecule has 130 valence electrons. The van der Waals surface area contributed by atoms with Gasteiger partial charge in [0, 0.05) is 6.42 Å². The molecule has 3 aromatic rings. The molecule has 0 unspecified atom stereocenters. The van der Waals surface area contributed by atoms with E-state index in [1.165, 1.54) is 0 Å². The van der Waals surface area contributed by atoms with Crippen molar-refractivity contribution < 1.29 is 14.9 Å². The Morgan fingerprint density at radius 3 is 2.32 bits per heavy atom. The summed E-state index contributed by atoms with van der Waals surface area (Å²) in [4.78, 5) is 16.1. The summed E-state index contributed by atoms with van der Waals surface area (Å²) < 4.78 is 8.27. The molecule has 0 saturated carbocycles. The summed E-state index contributed by atoms with van der Waals surface area (Å²) in [5, 5.41) is 19.3. The Bertz CT molecular complexity index is 977. The monoisotopic (exact) mass is 628 g/mol. The summed E-state index contributed by atoms with van der Waals surface area (Å²) in [6.07, 6.45) is 0.390. The van der Waals surface area contributed by atoms with E-state index < -0.39 is 5.69 Å². The van der Waals surface area contributed by atoms with E-state index in [-0.39, 0.29) is 11.6 Å². The highest BCUT2D eigenvalue weighted by Gasteiger charge is 2.13. The molecule has 4 N–H and O–H groups in total. The molecule has 9 heteroatoms. The molecule has 1 heterocycles. The molecule has 0 atom stereocenters. The Labute approximate surface area is 178 Å². The number of ether oxygens (including phenoxy) is 1. The van der Waals surface area contributed by atoms with E-state index in [0.717, 1.165) is 12.7 Å². The summed E-state index contributed by atoms with van der Waals surface area (Å²) >= 11 is 7.62. The number of phenolic OH excluding ortho intramolecular Hbond substituents is 1. The first-order valence-electron chi connectivity index (χ1n) is 6.98. The van der Waals surface area contributed by atoms with Crippen LogP contribution < -0.4 is 10.4 Å². The lowest BCUT2D eigenvalue weighted by atomic mass is 10.1. The molecule has 25 heavy (non-hydrogen) atoms. The highest BCUT2D eigenvalue weighted by Crippen LogP contribution is 2.36. The van der Waals surface area contributed by atoms with Crippen molar-refractivity contribution in [1.29, 1.82) is 0 Å². The molecule has 2 aromatic carbocycles. The SMILES string of the molecule is O=c1[nH]c(O)c(Cc2cc(I)c(Oc3ccc(O)c(Br)c3)c(I)c2)[nH]1. The molecule has 0 amide bonds. The van der Waals surface area contributed by atoms with E-state index in [1.807, 2.05) is 12.1 Å². The van der Waals surface area contributed by atoms with Gasteiger partial charge in [-0.05, 0) is 97.0 Å². The van der Waals surface area contributed by atoms with Gasteiger partial charge in [0.15, 0.2) is 5.75 Å². The third kappa shape index (κ3) is 4.31. The number of H-pyrrole nitrogens is 2. The number of phenols is 1. The number of aromatic amines is 2. The zero-order valence-corrected chi connectivity index (χ0v) is 18.3. The van der Waals surface area contributed by atoms with E-state index in [9.17, 15) is 15.0 Å². The quantitative estimate of drug-likeness (QED) is 0.321. The third-order valence-corrected chi connectivity index (χ3v) is 5.60. The molecule has 0 aliphatic rings. The molecule has 0 bridgehead atoms. The van der Waals surface area contributed by atoms with Gasteiger partial charge in [0.2, 0.25) is 5.88 Å². The van der Waals surface area contributed by atoms with Crippen molar-refractivity contribution in [3.8, 4) is 23.1 Å². The maximum Gasteiger partial charge on any atom is 0.325 e. The summed E-state index contributed by atoms with van der Waals surface area (Å²) in [7, 11) is 0. The van der Waals surface area contributed by atoms with Gasteiger partial charge in [-0.15, -0.1) is 0 Å². The Balaban J connectivity index is 1.88. The number of aromatic hydroxyl groups is 2. The van der Waals surface area contributed by atoms with E-state index >= 15 is 0 Å². The van der Waals surface area contributed by atoms with E-state index in [4.69, 9.17) is 4.74 Å². The summed E-state index contributed by atoms with van der Waals surface area (Å²) in [5.41, 5.74) is 0.932. The molecule has 1 aromatic heterocycles. The number of hydrogen-bond donors (Lipinski definition) is 4. The molecule has 0 aliphatic heterocycles. The van der Waals surface area contributed by atoms with Crippen molar-refractivity contribution in [2.75, 3.05) is 0 Å². The Hall–Kier alpha value is -1.21. The maximum atomic E-state index is 11.2. The first kappa shape index (κ1) is 18.6. The van der Waals surface area contributed by atoms with Gasteiger partial charge in [-0.25, -0.2) is 4.79 Å². The predicted octanol–water partition coefficient (Wildman–Crippen LogP) is 4.47. The van der Waals surface area contributed by atoms with Crippen molar-refractivity contribution in [2.24, 2.45) is 0 Å². The number of halogens is 3. The number of benzene rings is 2. The summed E-state index contributed by atoms with van der Waals surface area (Å²) in [6, 6.07) is 8.79. The first-order chi connectivity index (χ1) is 11.8. The summed E-state index contributed by atoms with van der Waals surface area (Å²) in [5.74, 6) is 1.30. The minimum absolute atomic E-state index is 0.146. The zero-order chi connectivity index (χ0) is 18.1. The average Bonchev–Trinajstić information content (AvgIpc) is 2.84. The lowest BCUT2D eigenvalue weighted by Gasteiger charge is -2.12. The van der Waals surface area contributed by atoms with E-state index in [2.05, 4.69) is 71.1 Å². The van der Waals surface area contributed by atoms with Gasteiger partial charge < -0.3 is 19.9 Å². The molecule has 3 rings (SSSR count). The van der Waals surface area contributed by atoms with E-state index in [1.54, 1.807) is 18.2 Å². The van der Waals surface area contributed by atoms with Crippen molar-refractivity contribution in [3.05, 3.63) is 63.7 Å². The Morgan fingerprint density at radius 1 is 1.08 bits per heavy atom. The smallest absolute Gasteiger partial charge is 0.325 e. The van der Waals surface area contributed by atoms with Crippen LogP contribution in [0, 0.1) is 7.14 Å². The zero-order valence-electron chi connectivity index (χ0n) is 12.4. The standard InChI is InChI=1S/C16H11BrI2N2O4/c17-9-6-8(1-2-13(9)22)25-14-10(18)3-7(4-11(14)19)5-12-15(23)21-16(24)20-12/h1-4,6,22-23H,5H2,(H2,20,21,24). The molecule has 0 aliphatic carbocycles. The average molecular weight is 629 g/mol. The van der Waals surface area contributed by atoms with Crippen LogP contribution in [0.4, 0.5) is 0 Å². The van der Waals surface area contributed by atoms with Crippen molar-refractivity contribution >= 4 is 61.1 Å². The lowest BCUT2D eigenvalue weighted by Crippen LogP contribution is -2.01. The van der Waals surface area contributed by atoms with Crippen LogP contribution in [-0.4, -0.2) is 20.2 Å². The molecule has 0 spiro atoms. The first-order valence-corrected chi connectivity index (χ1v) is 9.93. The molecular formula is C16H11BrI2N2O4. The van der Waals surface area contributed by atoms with Crippen LogP contribution in [0.1, 0.15) is 11.3 Å². The fraction of sp³-hybridized carbons (Fsp3) is 0.0625. The lowest BCUT2D eigenvalue weighted by molar-refractivity contribution is 0.450. The maximum absolute atomic E-state index is 11.2. The van der Waals surface area contributed by atoms with Gasteiger partial charge >= 0.3 is 5.69 Å². The molecule has 0 saturated heterocycles. The predicted molar refractivity (Wildman–Crippen MR) is 114 cm³/mol. The third-order valence-electron chi connectivity index (χ3n) is 3.36. The summed E-state index contributed by atoms with van der Waals surface area (Å²) in [6.45, 7) is 0. The number of imidazole rings is 1. The van der Waals surface area contributed by atoms with Crippen LogP contribution in [0.3, 0.4) is 0 Å². The second-order valence-electron chi connectivity index (χ2n) is 5.19. The molecule has 0 fully saturated rings. The Morgan fingerprint density at radius 2 is 1.76 bits per heavy atom. The van der Waals surface area contributed by atoms with Gasteiger partial charge in [0.25, 0.3) is 0 Å². The van der Waals surface area contributed by atoms with E-state index in [0.29, 0.717) is 28.1 Å². The molecule has 6 nitrogen and oxygen atoms in total. The van der Waals surface area contributed by atoms with Crippen LogP contribution in [-0.2, 0) is 6.42 Å². The number of rotatable bonds is 4. The van der Waals surface area contributed by atoms with Crippen molar-refractivity contribution in [1.82, 2.24) is 9.97 Å². The topological polar surface area (TPSA) is 98.3 Å². The van der Waals surface area contributed by atoms with Crippen LogP contribution in [0.15, 0.2) is 39.6 Å². The molecule has 0 radical (unpaired) electrons. The van der Waals surface area contributed by atoms with Gasteiger partial charge in [-0.2, -0.15) is 0 Å². The van der Waals surface area contributed by atoms with Crippen LogP contribution >= 0.6 is 61.1 Å². The van der Waals surface area contributed by atoms with Crippen LogP contribution in [0.2, 0.25) is 0 Å². The van der Waals surface area contributed by atoms with Gasteiger partial charge in [0.1, 0.15) is 11.5 Å². The van der Waals surface area contributed by atoms with Crippen molar-refractivity contribution in [2.45, 2.75) is 6.42 Å². The Kier molecular flexibility index (Phi) is 5.63. The molecular weight excluding hydrogens is 618 g/mol. The fourth-order valence-corrected chi connectivity index (χ4v) is 4.70. The normalized spacial score (nSPS) is 10.8. The van der Waals surface area contributed by atoms with Gasteiger partial charge in [-0.1, -0.05) is 0 Å². The second kappa shape index (κ2) is 7.58. The largest absolute Gasteiger partial charge is 0.507 e. The minimum atomic E-state index is -0.435. The minimum Gasteiger partial charge on any atom is -0.507 e. The van der Waals surface area contributed by atoms with Crippen LogP contribution in [0.5, 0.6) is 23.1 Å². The number of nitrogens with one attached hydrogen (secondary N) is 2. The number of aromatic nitrogens is 2. The fourth-order valence-electron chi connectivity index (χ4n) is 2.22.